The van der Waals surface area contributed by atoms with E-state index < -0.39 is 4.92 Å². The first-order chi connectivity index (χ1) is 11.0. The zero-order valence-electron chi connectivity index (χ0n) is 12.5. The molecule has 1 N–H and O–H groups in total. The molecule has 1 fully saturated rings. The van der Waals surface area contributed by atoms with E-state index in [-0.39, 0.29) is 17.6 Å². The molecule has 0 aromatic carbocycles. The van der Waals surface area contributed by atoms with Gasteiger partial charge in [-0.3, -0.25) is 14.9 Å². The Morgan fingerprint density at radius 1 is 1.43 bits per heavy atom. The van der Waals surface area contributed by atoms with Crippen LogP contribution in [0.5, 0.6) is 0 Å². The van der Waals surface area contributed by atoms with Gasteiger partial charge in [-0.05, 0) is 12.5 Å². The molecular formula is C14H16N6O3. The van der Waals surface area contributed by atoms with Gasteiger partial charge in [0.05, 0.1) is 4.92 Å². The molecular weight excluding hydrogens is 300 g/mol. The largest absolute Gasteiger partial charge is 0.365 e. The number of likely N-dealkylation sites (tertiary alicyclic amines) is 1. The van der Waals surface area contributed by atoms with Gasteiger partial charge in [0.1, 0.15) is 12.0 Å². The minimum Gasteiger partial charge on any atom is -0.365 e. The van der Waals surface area contributed by atoms with Crippen LogP contribution in [0.2, 0.25) is 0 Å². The van der Waals surface area contributed by atoms with Gasteiger partial charge in [-0.1, -0.05) is 0 Å². The summed E-state index contributed by atoms with van der Waals surface area (Å²) in [6, 6.07) is 3.04. The van der Waals surface area contributed by atoms with Crippen molar-refractivity contribution in [3.63, 3.8) is 0 Å². The molecule has 1 atom stereocenters. The zero-order chi connectivity index (χ0) is 16.4. The fourth-order valence-electron chi connectivity index (χ4n) is 2.56. The van der Waals surface area contributed by atoms with Crippen molar-refractivity contribution in [2.45, 2.75) is 12.5 Å². The van der Waals surface area contributed by atoms with Crippen LogP contribution in [0.15, 0.2) is 30.7 Å². The van der Waals surface area contributed by atoms with E-state index in [1.807, 2.05) is 0 Å². The fraction of sp³-hybridized carbons (Fsp3) is 0.357. The molecule has 120 valence electrons. The highest BCUT2D eigenvalue weighted by atomic mass is 16.6. The molecule has 1 aliphatic rings. The average molecular weight is 316 g/mol. The number of aryl methyl sites for hydroxylation is 1. The Morgan fingerprint density at radius 2 is 2.26 bits per heavy atom. The second kappa shape index (κ2) is 6.03. The molecule has 2 aromatic heterocycles. The molecule has 0 aliphatic carbocycles. The van der Waals surface area contributed by atoms with Gasteiger partial charge in [-0.15, -0.1) is 0 Å². The molecule has 0 bridgehead atoms. The molecule has 1 aliphatic heterocycles. The van der Waals surface area contributed by atoms with Crippen LogP contribution in [0, 0.1) is 10.1 Å². The Labute approximate surface area is 132 Å². The molecule has 1 amide bonds. The van der Waals surface area contributed by atoms with E-state index in [2.05, 4.69) is 15.3 Å². The summed E-state index contributed by atoms with van der Waals surface area (Å²) >= 11 is 0. The average Bonchev–Trinajstić information content (AvgIpc) is 3.16. The highest BCUT2D eigenvalue weighted by Gasteiger charge is 2.28. The van der Waals surface area contributed by atoms with Crippen LogP contribution in [0.1, 0.15) is 17.0 Å². The molecule has 3 heterocycles. The van der Waals surface area contributed by atoms with Gasteiger partial charge >= 0.3 is 0 Å². The molecule has 9 nitrogen and oxygen atoms in total. The third-order valence-corrected chi connectivity index (χ3v) is 3.80. The fourth-order valence-corrected chi connectivity index (χ4v) is 2.56. The van der Waals surface area contributed by atoms with E-state index in [1.165, 1.54) is 12.3 Å². The Hall–Kier alpha value is -2.97. The molecule has 1 saturated heterocycles. The number of nitrogens with one attached hydrogen (secondary N) is 1. The number of nitrogens with zero attached hydrogens (tertiary/aromatic N) is 5. The maximum Gasteiger partial charge on any atom is 0.289 e. The van der Waals surface area contributed by atoms with Crippen molar-refractivity contribution in [1.29, 1.82) is 0 Å². The molecule has 0 saturated carbocycles. The summed E-state index contributed by atoms with van der Waals surface area (Å²) in [7, 11) is 1.78. The molecule has 0 unspecified atom stereocenters. The summed E-state index contributed by atoms with van der Waals surface area (Å²) in [6.07, 6.45) is 5.34. The van der Waals surface area contributed by atoms with Gasteiger partial charge in [0.15, 0.2) is 5.82 Å². The number of rotatable bonds is 4. The molecule has 9 heteroatoms. The van der Waals surface area contributed by atoms with E-state index >= 15 is 0 Å². The molecule has 2 aromatic rings. The summed E-state index contributed by atoms with van der Waals surface area (Å²) in [6.45, 7) is 1.18. The number of amides is 1. The summed E-state index contributed by atoms with van der Waals surface area (Å²) in [5, 5.41) is 13.8. The summed E-state index contributed by atoms with van der Waals surface area (Å²) in [4.78, 5) is 32.3. The summed E-state index contributed by atoms with van der Waals surface area (Å²) < 4.78 is 1.70. The lowest BCUT2D eigenvalue weighted by molar-refractivity contribution is -0.385. The van der Waals surface area contributed by atoms with E-state index in [0.29, 0.717) is 24.7 Å². The maximum atomic E-state index is 12.4. The van der Waals surface area contributed by atoms with Gasteiger partial charge in [-0.25, -0.2) is 9.97 Å². The molecule has 3 rings (SSSR count). The van der Waals surface area contributed by atoms with Crippen LogP contribution < -0.4 is 5.32 Å². The predicted octanol–water partition coefficient (Wildman–Crippen LogP) is 1.05. The SMILES string of the molecule is Cn1ccnc1C(=O)N1CC[C@@H](Nc2ccc([N+](=O)[O-])cn2)C1. The number of aromatic nitrogens is 3. The first-order valence-electron chi connectivity index (χ1n) is 7.18. The lowest BCUT2D eigenvalue weighted by Gasteiger charge is -2.17. The first-order valence-corrected chi connectivity index (χ1v) is 7.18. The predicted molar refractivity (Wildman–Crippen MR) is 82.0 cm³/mol. The van der Waals surface area contributed by atoms with Gasteiger partial charge < -0.3 is 14.8 Å². The standard InChI is InChI=1S/C14H16N6O3/c1-18-7-5-15-13(18)14(21)19-6-4-10(9-19)17-12-3-2-11(8-16-12)20(22)23/h2-3,5,7-8,10H,4,6,9H2,1H3,(H,16,17)/t10-/m1/s1. The summed E-state index contributed by atoms with van der Waals surface area (Å²) in [5.74, 6) is 0.879. The van der Waals surface area contributed by atoms with Gasteiger partial charge in [-0.2, -0.15) is 0 Å². The van der Waals surface area contributed by atoms with Crippen molar-refractivity contribution in [3.8, 4) is 0 Å². The Bertz CT molecular complexity index is 726. The molecule has 23 heavy (non-hydrogen) atoms. The van der Waals surface area contributed by atoms with Crippen molar-refractivity contribution < 1.29 is 9.72 Å². The third kappa shape index (κ3) is 3.12. The minimum absolute atomic E-state index is 0.0476. The Balaban J connectivity index is 1.60. The first kappa shape index (κ1) is 14.9. The smallest absolute Gasteiger partial charge is 0.289 e. The summed E-state index contributed by atoms with van der Waals surface area (Å²) in [5.41, 5.74) is -0.0476. The van der Waals surface area contributed by atoms with Crippen LogP contribution in [0.25, 0.3) is 0 Å². The highest BCUT2D eigenvalue weighted by molar-refractivity contribution is 5.91. The lowest BCUT2D eigenvalue weighted by atomic mass is 10.2. The Kier molecular flexibility index (Phi) is 3.92. The second-order valence-electron chi connectivity index (χ2n) is 5.40. The lowest BCUT2D eigenvalue weighted by Crippen LogP contribution is -2.33. The minimum atomic E-state index is -0.486. The van der Waals surface area contributed by atoms with E-state index in [9.17, 15) is 14.9 Å². The second-order valence-corrected chi connectivity index (χ2v) is 5.40. The van der Waals surface area contributed by atoms with E-state index in [1.54, 1.807) is 35.0 Å². The highest BCUT2D eigenvalue weighted by Crippen LogP contribution is 2.18. The number of carbonyl (C=O) groups excluding carboxylic acids is 1. The molecule has 0 spiro atoms. The Morgan fingerprint density at radius 3 is 2.87 bits per heavy atom. The van der Waals surface area contributed by atoms with Crippen molar-refractivity contribution in [2.75, 3.05) is 18.4 Å². The number of nitro groups is 1. The van der Waals surface area contributed by atoms with Crippen molar-refractivity contribution in [3.05, 3.63) is 46.7 Å². The number of hydrogen-bond acceptors (Lipinski definition) is 6. The topological polar surface area (TPSA) is 106 Å². The number of pyridine rings is 1. The van der Waals surface area contributed by atoms with Crippen LogP contribution in [0.3, 0.4) is 0 Å². The normalized spacial score (nSPS) is 17.3. The number of anilines is 1. The van der Waals surface area contributed by atoms with Crippen LogP contribution in [-0.4, -0.2) is 49.4 Å². The number of imidazole rings is 1. The maximum absolute atomic E-state index is 12.4. The van der Waals surface area contributed by atoms with Gasteiger partial charge in [0.2, 0.25) is 0 Å². The molecule has 0 radical (unpaired) electrons. The van der Waals surface area contributed by atoms with Gasteiger partial charge in [0.25, 0.3) is 11.6 Å². The quantitative estimate of drug-likeness (QED) is 0.667. The van der Waals surface area contributed by atoms with Crippen LogP contribution in [0.4, 0.5) is 11.5 Å². The van der Waals surface area contributed by atoms with Gasteiger partial charge in [0, 0.05) is 44.6 Å². The van der Waals surface area contributed by atoms with E-state index in [4.69, 9.17) is 0 Å². The zero-order valence-corrected chi connectivity index (χ0v) is 12.5. The van der Waals surface area contributed by atoms with Crippen LogP contribution in [-0.2, 0) is 7.05 Å². The van der Waals surface area contributed by atoms with Crippen LogP contribution >= 0.6 is 0 Å². The van der Waals surface area contributed by atoms with Crippen molar-refractivity contribution in [2.24, 2.45) is 7.05 Å². The third-order valence-electron chi connectivity index (χ3n) is 3.80. The van der Waals surface area contributed by atoms with Crippen molar-refractivity contribution >= 4 is 17.4 Å². The monoisotopic (exact) mass is 316 g/mol. The number of hydrogen-bond donors (Lipinski definition) is 1. The van der Waals surface area contributed by atoms with E-state index in [0.717, 1.165) is 6.42 Å². The van der Waals surface area contributed by atoms with Crippen molar-refractivity contribution in [1.82, 2.24) is 19.4 Å². The number of carbonyl (C=O) groups is 1.